The highest BCUT2D eigenvalue weighted by atomic mass is 16.2. The van der Waals surface area contributed by atoms with Crippen LogP contribution in [-0.4, -0.2) is 24.9 Å². The summed E-state index contributed by atoms with van der Waals surface area (Å²) in [4.78, 5) is 12.8. The molecule has 0 aliphatic heterocycles. The third-order valence-corrected chi connectivity index (χ3v) is 1.37. The Kier molecular flexibility index (Phi) is 2.26. The number of carbonyl (C=O) groups is 1. The maximum Gasteiger partial charge on any atom is 0.253 e. The molecule has 0 unspecified atom stereocenters. The number of nitrogens with zero attached hydrogens (tertiary/aromatic N) is 1. The molecule has 0 bridgehead atoms. The Balaban J connectivity index is 2.86. The summed E-state index contributed by atoms with van der Waals surface area (Å²) >= 11 is 0. The van der Waals surface area contributed by atoms with Crippen molar-refractivity contribution in [3.63, 3.8) is 0 Å². The van der Waals surface area contributed by atoms with Gasteiger partial charge in [-0.15, -0.1) is 0 Å². The molecule has 0 saturated heterocycles. The van der Waals surface area contributed by atoms with E-state index in [2.05, 4.69) is 6.07 Å². The van der Waals surface area contributed by atoms with Crippen LogP contribution in [0.25, 0.3) is 0 Å². The summed E-state index contributed by atoms with van der Waals surface area (Å²) in [5.41, 5.74) is 0.703. The van der Waals surface area contributed by atoms with Gasteiger partial charge in [0.05, 0.1) is 0 Å². The van der Waals surface area contributed by atoms with E-state index in [0.29, 0.717) is 5.56 Å². The first-order valence-electron chi connectivity index (χ1n) is 3.39. The summed E-state index contributed by atoms with van der Waals surface area (Å²) in [5, 5.41) is 0. The quantitative estimate of drug-likeness (QED) is 0.585. The summed E-state index contributed by atoms with van der Waals surface area (Å²) < 4.78 is 0. The van der Waals surface area contributed by atoms with Crippen molar-refractivity contribution in [1.82, 2.24) is 4.90 Å². The standard InChI is InChI=1S/C9H10NO/c1-10(2)9(11)8-6-4-3-5-7-8/h4-7H,1-2H3. The lowest BCUT2D eigenvalue weighted by Gasteiger charge is -2.08. The molecule has 0 saturated carbocycles. The molecule has 0 N–H and O–H groups in total. The zero-order valence-electron chi connectivity index (χ0n) is 6.66. The number of hydrogen-bond donors (Lipinski definition) is 0. The molecule has 0 aliphatic carbocycles. The van der Waals surface area contributed by atoms with Crippen LogP contribution in [0.3, 0.4) is 0 Å². The summed E-state index contributed by atoms with van der Waals surface area (Å²) in [6.07, 6.45) is 0. The first kappa shape index (κ1) is 7.79. The first-order valence-corrected chi connectivity index (χ1v) is 3.39. The molecule has 1 amide bonds. The SMILES string of the molecule is CN(C)C(=O)c1cc[c]cc1. The van der Waals surface area contributed by atoms with E-state index in [-0.39, 0.29) is 5.91 Å². The van der Waals surface area contributed by atoms with Gasteiger partial charge in [-0.05, 0) is 18.2 Å². The van der Waals surface area contributed by atoms with Crippen LogP contribution in [0.1, 0.15) is 10.4 Å². The molecule has 0 aromatic heterocycles. The predicted octanol–water partition coefficient (Wildman–Crippen LogP) is 1.19. The van der Waals surface area contributed by atoms with E-state index in [4.69, 9.17) is 0 Å². The molecule has 1 aromatic rings. The lowest BCUT2D eigenvalue weighted by atomic mass is 10.2. The molecule has 1 aromatic carbocycles. The molecule has 57 valence electrons. The van der Waals surface area contributed by atoms with Crippen LogP contribution in [-0.2, 0) is 0 Å². The topological polar surface area (TPSA) is 20.3 Å². The Morgan fingerprint density at radius 2 is 1.91 bits per heavy atom. The average Bonchev–Trinajstić information content (AvgIpc) is 2.05. The van der Waals surface area contributed by atoms with E-state index >= 15 is 0 Å². The monoisotopic (exact) mass is 148 g/mol. The minimum Gasteiger partial charge on any atom is -0.345 e. The third-order valence-electron chi connectivity index (χ3n) is 1.37. The number of benzene rings is 1. The second-order valence-electron chi connectivity index (χ2n) is 2.49. The van der Waals surface area contributed by atoms with Crippen LogP contribution in [0.15, 0.2) is 24.3 Å². The van der Waals surface area contributed by atoms with E-state index in [1.807, 2.05) is 0 Å². The Labute approximate surface area is 66.4 Å². The van der Waals surface area contributed by atoms with Gasteiger partial charge < -0.3 is 4.90 Å². The number of rotatable bonds is 1. The molecule has 0 heterocycles. The molecular weight excluding hydrogens is 138 g/mol. The van der Waals surface area contributed by atoms with Gasteiger partial charge in [-0.25, -0.2) is 0 Å². The van der Waals surface area contributed by atoms with E-state index in [1.54, 1.807) is 43.3 Å². The van der Waals surface area contributed by atoms with E-state index in [0.717, 1.165) is 0 Å². The van der Waals surface area contributed by atoms with Crippen molar-refractivity contribution in [3.8, 4) is 0 Å². The molecule has 2 heteroatoms. The molecule has 2 nitrogen and oxygen atoms in total. The fourth-order valence-electron chi connectivity index (χ4n) is 0.788. The molecule has 11 heavy (non-hydrogen) atoms. The fraction of sp³-hybridized carbons (Fsp3) is 0.222. The fourth-order valence-corrected chi connectivity index (χ4v) is 0.788. The van der Waals surface area contributed by atoms with Gasteiger partial charge >= 0.3 is 0 Å². The van der Waals surface area contributed by atoms with Crippen molar-refractivity contribution >= 4 is 5.91 Å². The van der Waals surface area contributed by atoms with Crippen molar-refractivity contribution in [2.24, 2.45) is 0 Å². The van der Waals surface area contributed by atoms with E-state index < -0.39 is 0 Å². The summed E-state index contributed by atoms with van der Waals surface area (Å²) in [7, 11) is 3.47. The van der Waals surface area contributed by atoms with Gasteiger partial charge in [-0.3, -0.25) is 4.79 Å². The van der Waals surface area contributed by atoms with E-state index in [9.17, 15) is 4.79 Å². The molecule has 1 radical (unpaired) electrons. The van der Waals surface area contributed by atoms with Crippen molar-refractivity contribution < 1.29 is 4.79 Å². The van der Waals surface area contributed by atoms with Crippen molar-refractivity contribution in [3.05, 3.63) is 35.9 Å². The zero-order valence-corrected chi connectivity index (χ0v) is 6.66. The van der Waals surface area contributed by atoms with Crippen molar-refractivity contribution in [2.75, 3.05) is 14.1 Å². The average molecular weight is 148 g/mol. The third kappa shape index (κ3) is 1.80. The van der Waals surface area contributed by atoms with E-state index in [1.165, 1.54) is 0 Å². The Hall–Kier alpha value is -1.31. The van der Waals surface area contributed by atoms with Gasteiger partial charge in [-0.2, -0.15) is 0 Å². The van der Waals surface area contributed by atoms with Gasteiger partial charge in [-0.1, -0.05) is 12.1 Å². The second kappa shape index (κ2) is 3.19. The van der Waals surface area contributed by atoms with Crippen LogP contribution in [0, 0.1) is 6.07 Å². The summed E-state index contributed by atoms with van der Waals surface area (Å²) in [6, 6.07) is 9.83. The van der Waals surface area contributed by atoms with Crippen LogP contribution < -0.4 is 0 Å². The van der Waals surface area contributed by atoms with Crippen LogP contribution in [0.4, 0.5) is 0 Å². The largest absolute Gasteiger partial charge is 0.345 e. The lowest BCUT2D eigenvalue weighted by Crippen LogP contribution is -2.21. The smallest absolute Gasteiger partial charge is 0.253 e. The van der Waals surface area contributed by atoms with Crippen LogP contribution >= 0.6 is 0 Å². The minimum absolute atomic E-state index is 0.0269. The highest BCUT2D eigenvalue weighted by molar-refractivity contribution is 5.93. The van der Waals surface area contributed by atoms with Crippen LogP contribution in [0.5, 0.6) is 0 Å². The molecule has 1 rings (SSSR count). The Morgan fingerprint density at radius 1 is 1.36 bits per heavy atom. The minimum atomic E-state index is 0.0269. The van der Waals surface area contributed by atoms with Crippen molar-refractivity contribution in [2.45, 2.75) is 0 Å². The van der Waals surface area contributed by atoms with Gasteiger partial charge in [0.25, 0.3) is 5.91 Å². The molecule has 0 atom stereocenters. The van der Waals surface area contributed by atoms with Gasteiger partial charge in [0.15, 0.2) is 0 Å². The number of hydrogen-bond acceptors (Lipinski definition) is 1. The Morgan fingerprint density at radius 3 is 2.36 bits per heavy atom. The van der Waals surface area contributed by atoms with Gasteiger partial charge in [0, 0.05) is 19.7 Å². The molecule has 0 spiro atoms. The maximum atomic E-state index is 11.3. The zero-order chi connectivity index (χ0) is 8.27. The second-order valence-corrected chi connectivity index (χ2v) is 2.49. The predicted molar refractivity (Wildman–Crippen MR) is 43.3 cm³/mol. The molecule has 0 fully saturated rings. The van der Waals surface area contributed by atoms with Crippen molar-refractivity contribution in [1.29, 1.82) is 0 Å². The highest BCUT2D eigenvalue weighted by Gasteiger charge is 2.04. The van der Waals surface area contributed by atoms with Crippen LogP contribution in [0.2, 0.25) is 0 Å². The lowest BCUT2D eigenvalue weighted by molar-refractivity contribution is 0.0827. The first-order chi connectivity index (χ1) is 5.22. The van der Waals surface area contributed by atoms with Gasteiger partial charge in [0.1, 0.15) is 0 Å². The maximum absolute atomic E-state index is 11.3. The summed E-state index contributed by atoms with van der Waals surface area (Å²) in [6.45, 7) is 0. The number of carbonyl (C=O) groups excluding carboxylic acids is 1. The molecular formula is C9H10NO. The Bertz CT molecular complexity index is 241. The number of amides is 1. The normalized spacial score (nSPS) is 9.27. The summed E-state index contributed by atoms with van der Waals surface area (Å²) in [5.74, 6) is 0.0269. The molecule has 0 aliphatic rings. The highest BCUT2D eigenvalue weighted by Crippen LogP contribution is 1.99. The van der Waals surface area contributed by atoms with Gasteiger partial charge in [0.2, 0.25) is 0 Å².